The normalized spacial score (nSPS) is 13.6. The molecule has 0 saturated heterocycles. The lowest BCUT2D eigenvalue weighted by Gasteiger charge is -2.05. The van der Waals surface area contributed by atoms with Crippen molar-refractivity contribution < 1.29 is 4.99 Å². The van der Waals surface area contributed by atoms with E-state index < -0.39 is 0 Å². The number of fused-ring (bicyclic) bond motifs is 1. The highest BCUT2D eigenvalue weighted by atomic mass is 15.1. The highest BCUT2D eigenvalue weighted by molar-refractivity contribution is 6.27. The van der Waals surface area contributed by atoms with E-state index in [1.165, 1.54) is 16.7 Å². The molecule has 5 aromatic rings. The minimum Gasteiger partial charge on any atom is -0.323 e. The molecule has 1 N–H and O–H groups in total. The van der Waals surface area contributed by atoms with Gasteiger partial charge in [-0.2, -0.15) is 0 Å². The molecule has 0 saturated carbocycles. The zero-order valence-corrected chi connectivity index (χ0v) is 21.3. The number of aromatic nitrogens is 1. The third-order valence-corrected chi connectivity index (χ3v) is 6.86. The molecule has 3 nitrogen and oxygen atoms in total. The molecule has 0 amide bonds. The largest absolute Gasteiger partial charge is 0.351 e. The molecule has 1 aromatic heterocycles. The Morgan fingerprint density at radius 3 is 1.95 bits per heavy atom. The highest BCUT2D eigenvalue weighted by Crippen LogP contribution is 2.34. The summed E-state index contributed by atoms with van der Waals surface area (Å²) in [4.78, 5) is 8.74. The molecule has 1 aliphatic heterocycles. The maximum absolute atomic E-state index is 6.80. The van der Waals surface area contributed by atoms with Gasteiger partial charge in [0.05, 0.1) is 16.8 Å². The molecule has 6 rings (SSSR count). The molecular weight excluding hydrogens is 449 g/mol. The number of nitrogens with zero attached hydrogens (tertiary/aromatic N) is 2. The summed E-state index contributed by atoms with van der Waals surface area (Å²) in [7, 11) is 6.80. The van der Waals surface area contributed by atoms with E-state index in [4.69, 9.17) is 13.0 Å². The molecule has 0 aliphatic carbocycles. The van der Waals surface area contributed by atoms with Crippen molar-refractivity contribution in [3.8, 4) is 22.4 Å². The van der Waals surface area contributed by atoms with Crippen LogP contribution >= 0.6 is 0 Å². The first-order chi connectivity index (χ1) is 18.0. The number of hydrogen-bond donors (Lipinski definition) is 1. The minimum absolute atomic E-state index is 0.793. The summed E-state index contributed by atoms with van der Waals surface area (Å²) in [6.45, 7) is 6.35. The molecule has 0 bridgehead atoms. The fraction of sp³-hybridized carbons (Fsp3) is 0.0909. The Labute approximate surface area is 219 Å². The van der Waals surface area contributed by atoms with Gasteiger partial charge in [-0.05, 0) is 38.5 Å². The maximum Gasteiger partial charge on any atom is 0.351 e. The zero-order valence-electron chi connectivity index (χ0n) is 21.3. The van der Waals surface area contributed by atoms with Gasteiger partial charge in [0.2, 0.25) is 5.82 Å². The van der Waals surface area contributed by atoms with Gasteiger partial charge in [-0.3, -0.25) is 0 Å². The highest BCUT2D eigenvalue weighted by Gasteiger charge is 2.29. The van der Waals surface area contributed by atoms with Crippen LogP contribution in [0.2, 0.25) is 0 Å². The summed E-state index contributed by atoms with van der Waals surface area (Å²) in [5.74, 6) is 1.60. The number of aliphatic imine (C=N–C) groups is 1. The third-order valence-electron chi connectivity index (χ3n) is 6.86. The van der Waals surface area contributed by atoms with Gasteiger partial charge in [0.25, 0.3) is 5.84 Å². The molecule has 2 radical (unpaired) electrons. The molecule has 37 heavy (non-hydrogen) atoms. The number of hydrogen-bond acceptors (Lipinski definition) is 0. The first-order valence-corrected chi connectivity index (χ1v) is 12.5. The predicted molar refractivity (Wildman–Crippen MR) is 154 cm³/mol. The van der Waals surface area contributed by atoms with Crippen LogP contribution in [0.25, 0.3) is 22.4 Å². The number of benzene rings is 4. The minimum atomic E-state index is 0.793. The van der Waals surface area contributed by atoms with Crippen LogP contribution in [0.15, 0.2) is 108 Å². The van der Waals surface area contributed by atoms with Crippen LogP contribution in [0.5, 0.6) is 0 Å². The molecular formula is C33H27BN3+. The van der Waals surface area contributed by atoms with E-state index in [2.05, 4.69) is 111 Å². The van der Waals surface area contributed by atoms with Crippen LogP contribution in [-0.2, 0) is 0 Å². The third kappa shape index (κ3) is 4.25. The van der Waals surface area contributed by atoms with Gasteiger partial charge >= 0.3 is 7.98 Å². The molecule has 176 valence electrons. The van der Waals surface area contributed by atoms with Gasteiger partial charge in [-0.1, -0.05) is 108 Å². The zero-order chi connectivity index (χ0) is 25.5. The van der Waals surface area contributed by atoms with Gasteiger partial charge in [0, 0.05) is 16.7 Å². The van der Waals surface area contributed by atoms with E-state index in [1.807, 2.05) is 18.2 Å². The van der Waals surface area contributed by atoms with E-state index in [-0.39, 0.29) is 0 Å². The Morgan fingerprint density at radius 2 is 1.24 bits per heavy atom. The van der Waals surface area contributed by atoms with Crippen LogP contribution in [0, 0.1) is 20.8 Å². The lowest BCUT2D eigenvalue weighted by molar-refractivity contribution is -0.358. The summed E-state index contributed by atoms with van der Waals surface area (Å²) in [6, 6.07) is 35.9. The van der Waals surface area contributed by atoms with Crippen molar-refractivity contribution in [2.45, 2.75) is 20.8 Å². The summed E-state index contributed by atoms with van der Waals surface area (Å²) in [5.41, 5.74) is 12.0. The van der Waals surface area contributed by atoms with E-state index in [0.29, 0.717) is 0 Å². The summed E-state index contributed by atoms with van der Waals surface area (Å²) < 4.78 is 1.75. The lowest BCUT2D eigenvalue weighted by atomic mass is 9.99. The fourth-order valence-corrected chi connectivity index (χ4v) is 5.10. The molecule has 0 fully saturated rings. The van der Waals surface area contributed by atoms with Crippen LogP contribution in [0.3, 0.4) is 0 Å². The number of amidine groups is 1. The predicted octanol–water partition coefficient (Wildman–Crippen LogP) is 5.69. The Hall–Kier alpha value is -4.44. The average Bonchev–Trinajstić information content (AvgIpc) is 3.43. The molecule has 0 atom stereocenters. The standard InChI is InChI=1S/C33H26BN3/c1-21-13-15-25(16-14-21)31-27-11-7-8-12-28(27)32(35-31)36-33-29(26-18-22(2)17-23(3)19-26)20-30(37(33)34)24-9-5-4-6-10-24/h4-20H,1-3H3/p+1/b36-32-. The van der Waals surface area contributed by atoms with Gasteiger partial charge in [-0.15, -0.1) is 4.99 Å². The smallest absolute Gasteiger partial charge is 0.323 e. The molecule has 0 unspecified atom stereocenters. The number of aryl methyl sites for hydroxylation is 3. The molecule has 1 aliphatic rings. The van der Waals surface area contributed by atoms with Crippen LogP contribution in [-0.4, -0.2) is 24.0 Å². The summed E-state index contributed by atoms with van der Waals surface area (Å²) in [5, 5.41) is 0. The van der Waals surface area contributed by atoms with E-state index in [1.54, 1.807) is 4.48 Å². The monoisotopic (exact) mass is 476 g/mol. The van der Waals surface area contributed by atoms with Crippen molar-refractivity contribution in [1.29, 1.82) is 0 Å². The quantitative estimate of drug-likeness (QED) is 0.323. The van der Waals surface area contributed by atoms with Crippen molar-refractivity contribution >= 4 is 25.3 Å². The second kappa shape index (κ2) is 9.22. The first-order valence-electron chi connectivity index (χ1n) is 12.5. The molecule has 4 heteroatoms. The van der Waals surface area contributed by atoms with Gasteiger partial charge in [0.15, 0.2) is 5.71 Å². The van der Waals surface area contributed by atoms with Crippen molar-refractivity contribution in [3.63, 3.8) is 0 Å². The Morgan fingerprint density at radius 1 is 0.595 bits per heavy atom. The van der Waals surface area contributed by atoms with Crippen LogP contribution in [0.4, 0.5) is 5.82 Å². The molecule has 0 spiro atoms. The van der Waals surface area contributed by atoms with Gasteiger partial charge in [-0.25, -0.2) is 4.99 Å². The van der Waals surface area contributed by atoms with Crippen LogP contribution in [0.1, 0.15) is 33.4 Å². The van der Waals surface area contributed by atoms with Crippen LogP contribution < -0.4 is 4.99 Å². The lowest BCUT2D eigenvalue weighted by Crippen LogP contribution is -2.67. The topological polar surface area (TPSA) is 31.3 Å². The van der Waals surface area contributed by atoms with Gasteiger partial charge in [0.1, 0.15) is 0 Å². The number of rotatable bonds is 4. The Bertz CT molecular complexity index is 1670. The van der Waals surface area contributed by atoms with E-state index >= 15 is 0 Å². The van der Waals surface area contributed by atoms with Crippen molar-refractivity contribution in [2.75, 3.05) is 0 Å². The number of nitrogens with one attached hydrogen (secondary N) is 1. The summed E-state index contributed by atoms with van der Waals surface area (Å²) >= 11 is 0. The molecule has 2 heterocycles. The fourth-order valence-electron chi connectivity index (χ4n) is 5.10. The van der Waals surface area contributed by atoms with E-state index in [9.17, 15) is 0 Å². The van der Waals surface area contributed by atoms with Crippen molar-refractivity contribution in [3.05, 3.63) is 137 Å². The Balaban J connectivity index is 1.58. The Kier molecular flexibility index (Phi) is 5.73. The van der Waals surface area contributed by atoms with Gasteiger partial charge < -0.3 is 4.48 Å². The second-order valence-electron chi connectivity index (χ2n) is 9.75. The van der Waals surface area contributed by atoms with E-state index in [0.717, 1.165) is 56.4 Å². The summed E-state index contributed by atoms with van der Waals surface area (Å²) in [6.07, 6.45) is 0. The van der Waals surface area contributed by atoms with Crippen molar-refractivity contribution in [1.82, 2.24) is 4.48 Å². The van der Waals surface area contributed by atoms with Crippen molar-refractivity contribution in [2.24, 2.45) is 4.99 Å². The average molecular weight is 476 g/mol. The maximum atomic E-state index is 6.80. The molecule has 4 aromatic carbocycles. The SMILES string of the molecule is [B]n1c(-c2ccccc2)cc(-c2cc(C)cc(C)c2)c1/[NH+]=C1\N=C(c2ccc(C)cc2)c2ccccc21. The first kappa shape index (κ1) is 23.0. The second-order valence-corrected chi connectivity index (χ2v) is 9.75.